The topological polar surface area (TPSA) is 105 Å². The number of rotatable bonds is 6. The molecule has 1 aromatic heterocycles. The van der Waals surface area contributed by atoms with E-state index in [1.54, 1.807) is 41.1 Å². The summed E-state index contributed by atoms with van der Waals surface area (Å²) in [5.41, 5.74) is 0.593. The lowest BCUT2D eigenvalue weighted by Gasteiger charge is -2.34. The van der Waals surface area contributed by atoms with Crippen molar-refractivity contribution in [2.45, 2.75) is 25.4 Å². The molecule has 2 heterocycles. The van der Waals surface area contributed by atoms with Crippen molar-refractivity contribution in [3.05, 3.63) is 52.2 Å². The number of para-hydroxylation sites is 1. The van der Waals surface area contributed by atoms with Gasteiger partial charge in [0.1, 0.15) is 5.75 Å². The van der Waals surface area contributed by atoms with Crippen LogP contribution in [-0.4, -0.2) is 44.4 Å². The molecule has 0 bridgehead atoms. The van der Waals surface area contributed by atoms with E-state index in [1.807, 2.05) is 0 Å². The predicted molar refractivity (Wildman–Crippen MR) is 106 cm³/mol. The van der Waals surface area contributed by atoms with Crippen LogP contribution in [0.5, 0.6) is 5.75 Å². The Balaban J connectivity index is 1.76. The zero-order valence-corrected chi connectivity index (χ0v) is 16.9. The molecule has 0 saturated carbocycles. The second-order valence-corrected chi connectivity index (χ2v) is 8.65. The normalized spacial score (nSPS) is 17.7. The van der Waals surface area contributed by atoms with Gasteiger partial charge in [0, 0.05) is 11.9 Å². The highest BCUT2D eigenvalue weighted by atomic mass is 32.2. The molecule has 1 saturated heterocycles. The minimum Gasteiger partial charge on any atom is -0.496 e. The van der Waals surface area contributed by atoms with Gasteiger partial charge in [0.15, 0.2) is 0 Å². The first-order valence-electron chi connectivity index (χ1n) is 8.72. The highest BCUT2D eigenvalue weighted by Gasteiger charge is 2.35. The van der Waals surface area contributed by atoms with E-state index in [0.717, 1.165) is 10.7 Å². The predicted octanol–water partition coefficient (Wildman–Crippen LogP) is 1.97. The van der Waals surface area contributed by atoms with Crippen molar-refractivity contribution < 1.29 is 22.7 Å². The number of ether oxygens (including phenoxy) is 1. The molecular formula is C18H21N3O5S2. The average molecular weight is 424 g/mol. The number of nitrogens with zero attached hydrogens (tertiary/aromatic N) is 1. The summed E-state index contributed by atoms with van der Waals surface area (Å²) < 4.78 is 33.9. The van der Waals surface area contributed by atoms with Crippen LogP contribution < -0.4 is 14.8 Å². The Labute approximate surface area is 167 Å². The minimum atomic E-state index is -4.11. The molecule has 8 nitrogen and oxygen atoms in total. The van der Waals surface area contributed by atoms with Crippen LogP contribution in [0.25, 0.3) is 0 Å². The van der Waals surface area contributed by atoms with Crippen LogP contribution in [0.2, 0.25) is 0 Å². The van der Waals surface area contributed by atoms with Crippen LogP contribution in [0, 0.1) is 0 Å². The fraction of sp³-hybridized carbons (Fsp3) is 0.333. The zero-order valence-electron chi connectivity index (χ0n) is 15.3. The van der Waals surface area contributed by atoms with Crippen LogP contribution in [0.4, 0.5) is 0 Å². The van der Waals surface area contributed by atoms with Crippen molar-refractivity contribution in [1.82, 2.24) is 14.3 Å². The SMILES string of the molecule is COc1ccccc1C(=O)NC1CCCCN1S(=O)(=O)NC(=O)c1ccsc1. The fourth-order valence-corrected chi connectivity index (χ4v) is 4.99. The molecule has 0 spiro atoms. The van der Waals surface area contributed by atoms with Crippen LogP contribution in [0.1, 0.15) is 40.0 Å². The van der Waals surface area contributed by atoms with Crippen LogP contribution in [0.15, 0.2) is 41.1 Å². The van der Waals surface area contributed by atoms with E-state index in [-0.39, 0.29) is 12.1 Å². The molecule has 1 aliphatic heterocycles. The second kappa shape index (κ2) is 8.72. The van der Waals surface area contributed by atoms with Gasteiger partial charge < -0.3 is 10.1 Å². The zero-order chi connectivity index (χ0) is 20.1. The van der Waals surface area contributed by atoms with Gasteiger partial charge in [0.25, 0.3) is 11.8 Å². The lowest BCUT2D eigenvalue weighted by atomic mass is 10.1. The lowest BCUT2D eigenvalue weighted by molar-refractivity contribution is 0.0879. The molecule has 1 aromatic carbocycles. The number of piperidine rings is 1. The summed E-state index contributed by atoms with van der Waals surface area (Å²) in [5.74, 6) is -0.730. The Morgan fingerprint density at radius 3 is 2.68 bits per heavy atom. The lowest BCUT2D eigenvalue weighted by Crippen LogP contribution is -2.56. The van der Waals surface area contributed by atoms with Crippen LogP contribution >= 0.6 is 11.3 Å². The van der Waals surface area contributed by atoms with Gasteiger partial charge in [-0.3, -0.25) is 9.59 Å². The maximum Gasteiger partial charge on any atom is 0.305 e. The number of carbonyl (C=O) groups excluding carboxylic acids is 2. The van der Waals surface area contributed by atoms with Gasteiger partial charge in [-0.1, -0.05) is 12.1 Å². The molecule has 3 rings (SSSR count). The van der Waals surface area contributed by atoms with E-state index in [1.165, 1.54) is 18.4 Å². The van der Waals surface area contributed by atoms with Crippen molar-refractivity contribution in [2.75, 3.05) is 13.7 Å². The standard InChI is InChI=1S/C18H21N3O5S2/c1-26-15-7-3-2-6-14(15)18(23)19-16-8-4-5-10-21(16)28(24,25)20-17(22)13-9-11-27-12-13/h2-3,6-7,9,11-12,16H,4-5,8,10H2,1H3,(H,19,23)(H,20,22). The van der Waals surface area contributed by atoms with E-state index in [0.29, 0.717) is 24.2 Å². The minimum absolute atomic E-state index is 0.211. The Morgan fingerprint density at radius 1 is 1.18 bits per heavy atom. The van der Waals surface area contributed by atoms with Gasteiger partial charge in [0.05, 0.1) is 24.4 Å². The van der Waals surface area contributed by atoms with Crippen molar-refractivity contribution >= 4 is 33.4 Å². The van der Waals surface area contributed by atoms with E-state index < -0.39 is 28.2 Å². The van der Waals surface area contributed by atoms with Crippen molar-refractivity contribution in [1.29, 1.82) is 0 Å². The van der Waals surface area contributed by atoms with Gasteiger partial charge in [-0.2, -0.15) is 24.1 Å². The summed E-state index contributed by atoms with van der Waals surface area (Å²) >= 11 is 1.30. The quantitative estimate of drug-likeness (QED) is 0.739. The first-order valence-corrected chi connectivity index (χ1v) is 11.1. The first kappa shape index (κ1) is 20.3. The number of benzene rings is 1. The number of hydrogen-bond acceptors (Lipinski definition) is 6. The molecule has 150 valence electrons. The monoisotopic (exact) mass is 423 g/mol. The summed E-state index contributed by atoms with van der Waals surface area (Å²) in [5, 5.41) is 6.02. The molecule has 2 aromatic rings. The molecule has 10 heteroatoms. The molecule has 1 aliphatic rings. The maximum atomic E-state index is 12.8. The third kappa shape index (κ3) is 4.51. The number of carbonyl (C=O) groups is 2. The summed E-state index contributed by atoms with van der Waals surface area (Å²) in [7, 11) is -2.65. The van der Waals surface area contributed by atoms with E-state index >= 15 is 0 Å². The largest absolute Gasteiger partial charge is 0.496 e. The summed E-state index contributed by atoms with van der Waals surface area (Å²) in [6.07, 6.45) is 1.11. The Bertz CT molecular complexity index is 944. The smallest absolute Gasteiger partial charge is 0.305 e. The number of hydrogen-bond donors (Lipinski definition) is 2. The molecule has 2 amide bonds. The highest BCUT2D eigenvalue weighted by Crippen LogP contribution is 2.21. The van der Waals surface area contributed by atoms with E-state index in [2.05, 4.69) is 10.0 Å². The Kier molecular flexibility index (Phi) is 6.32. The second-order valence-electron chi connectivity index (χ2n) is 6.24. The van der Waals surface area contributed by atoms with E-state index in [4.69, 9.17) is 4.74 Å². The Morgan fingerprint density at radius 2 is 1.96 bits per heavy atom. The van der Waals surface area contributed by atoms with Gasteiger partial charge in [-0.25, -0.2) is 4.72 Å². The van der Waals surface area contributed by atoms with Gasteiger partial charge >= 0.3 is 10.2 Å². The number of nitrogens with one attached hydrogen (secondary N) is 2. The van der Waals surface area contributed by atoms with Crippen molar-refractivity contribution in [3.8, 4) is 5.75 Å². The van der Waals surface area contributed by atoms with Crippen LogP contribution in [0.3, 0.4) is 0 Å². The summed E-state index contributed by atoms with van der Waals surface area (Å²) in [6.45, 7) is 0.211. The average Bonchev–Trinajstić information content (AvgIpc) is 3.23. The molecule has 2 N–H and O–H groups in total. The summed E-state index contributed by atoms with van der Waals surface area (Å²) in [4.78, 5) is 24.9. The van der Waals surface area contributed by atoms with Crippen molar-refractivity contribution in [2.24, 2.45) is 0 Å². The Hall–Kier alpha value is -2.43. The summed E-state index contributed by atoms with van der Waals surface area (Å²) in [6, 6.07) is 8.26. The molecule has 1 atom stereocenters. The third-order valence-corrected chi connectivity index (χ3v) is 6.60. The highest BCUT2D eigenvalue weighted by molar-refractivity contribution is 7.87. The van der Waals surface area contributed by atoms with Gasteiger partial charge in [0.2, 0.25) is 0 Å². The van der Waals surface area contributed by atoms with Gasteiger partial charge in [-0.15, -0.1) is 0 Å². The molecular weight excluding hydrogens is 402 g/mol. The molecule has 1 fully saturated rings. The number of amides is 2. The van der Waals surface area contributed by atoms with Crippen LogP contribution in [-0.2, 0) is 10.2 Å². The fourth-order valence-electron chi connectivity index (χ4n) is 3.03. The number of thiophene rings is 1. The molecule has 0 radical (unpaired) electrons. The molecule has 1 unspecified atom stereocenters. The molecule has 28 heavy (non-hydrogen) atoms. The number of methoxy groups -OCH3 is 1. The van der Waals surface area contributed by atoms with Gasteiger partial charge in [-0.05, 0) is 42.8 Å². The molecule has 0 aliphatic carbocycles. The van der Waals surface area contributed by atoms with E-state index in [9.17, 15) is 18.0 Å². The maximum absolute atomic E-state index is 12.8. The first-order chi connectivity index (χ1) is 13.4. The van der Waals surface area contributed by atoms with Crippen molar-refractivity contribution in [3.63, 3.8) is 0 Å². The third-order valence-electron chi connectivity index (χ3n) is 4.42.